The fourth-order valence-electron chi connectivity index (χ4n) is 2.97. The predicted molar refractivity (Wildman–Crippen MR) is 105 cm³/mol. The van der Waals surface area contributed by atoms with E-state index in [-0.39, 0.29) is 11.5 Å². The van der Waals surface area contributed by atoms with E-state index in [1.54, 1.807) is 30.5 Å². The minimum atomic E-state index is -0.520. The molecule has 4 rings (SSSR count). The van der Waals surface area contributed by atoms with E-state index >= 15 is 0 Å². The second kappa shape index (κ2) is 7.89. The van der Waals surface area contributed by atoms with E-state index in [2.05, 4.69) is 15.3 Å². The molecule has 1 aromatic carbocycles. The maximum atomic E-state index is 11.9. The predicted octanol–water partition coefficient (Wildman–Crippen LogP) is 3.43. The molecule has 0 aliphatic carbocycles. The van der Waals surface area contributed by atoms with Crippen molar-refractivity contribution in [2.75, 3.05) is 7.11 Å². The van der Waals surface area contributed by atoms with E-state index in [1.165, 1.54) is 13.4 Å². The van der Waals surface area contributed by atoms with Crippen molar-refractivity contribution in [1.29, 1.82) is 0 Å². The van der Waals surface area contributed by atoms with Crippen molar-refractivity contribution >= 4 is 29.0 Å². The van der Waals surface area contributed by atoms with E-state index < -0.39 is 11.9 Å². The van der Waals surface area contributed by atoms with E-state index in [9.17, 15) is 9.59 Å². The highest BCUT2D eigenvalue weighted by molar-refractivity contribution is 6.00. The number of fused-ring (bicyclic) bond motifs is 1. The lowest BCUT2D eigenvalue weighted by Gasteiger charge is -2.02. The van der Waals surface area contributed by atoms with Gasteiger partial charge in [0, 0.05) is 22.7 Å². The molecule has 8 heteroatoms. The smallest absolute Gasteiger partial charge is 0.373 e. The Morgan fingerprint density at radius 3 is 2.79 bits per heavy atom. The Morgan fingerprint density at radius 2 is 2.00 bits per heavy atom. The fourth-order valence-corrected chi connectivity index (χ4v) is 2.97. The van der Waals surface area contributed by atoms with Crippen molar-refractivity contribution in [3.8, 4) is 0 Å². The van der Waals surface area contributed by atoms with Crippen LogP contribution < -0.4 is 5.43 Å². The summed E-state index contributed by atoms with van der Waals surface area (Å²) in [5, 5.41) is 4.99. The summed E-state index contributed by atoms with van der Waals surface area (Å²) in [4.78, 5) is 23.5. The molecule has 1 N–H and O–H groups in total. The van der Waals surface area contributed by atoms with Crippen molar-refractivity contribution < 1.29 is 23.2 Å². The summed E-state index contributed by atoms with van der Waals surface area (Å²) in [6.07, 6.45) is 4.89. The number of carbonyl (C=O) groups excluding carboxylic acids is 2. The summed E-state index contributed by atoms with van der Waals surface area (Å²) in [5.74, 6) is 0.000562. The van der Waals surface area contributed by atoms with Crippen LogP contribution in [0.15, 0.2) is 74.9 Å². The highest BCUT2D eigenvalue weighted by Crippen LogP contribution is 2.22. The molecule has 3 aromatic heterocycles. The molecule has 0 aliphatic heterocycles. The van der Waals surface area contributed by atoms with Crippen LogP contribution in [0.5, 0.6) is 0 Å². The molecule has 3 heterocycles. The zero-order chi connectivity index (χ0) is 20.2. The lowest BCUT2D eigenvalue weighted by atomic mass is 10.2. The van der Waals surface area contributed by atoms with Gasteiger partial charge in [-0.05, 0) is 30.3 Å². The molecular weight excluding hydrogens is 374 g/mol. The van der Waals surface area contributed by atoms with Gasteiger partial charge in [-0.1, -0.05) is 18.2 Å². The van der Waals surface area contributed by atoms with Crippen LogP contribution in [0, 0.1) is 0 Å². The largest absolute Gasteiger partial charge is 0.463 e. The number of benzene rings is 1. The number of carbonyl (C=O) groups is 2. The monoisotopic (exact) mass is 391 g/mol. The van der Waals surface area contributed by atoms with Gasteiger partial charge in [0.25, 0.3) is 0 Å². The van der Waals surface area contributed by atoms with Crippen LogP contribution in [-0.2, 0) is 11.3 Å². The molecular formula is C21H17N3O5. The summed E-state index contributed by atoms with van der Waals surface area (Å²) in [6.45, 7) is 0.421. The standard InChI is InChI=1S/C21H17N3O5/c1-27-21(26)19-9-8-15(29-19)13-24-12-14(16-5-2-3-6-17(16)24)11-22-23-20(25)18-7-4-10-28-18/h2-12H,13H2,1H3,(H,23,25)/b22-11+. The van der Waals surface area contributed by atoms with Crippen LogP contribution in [0.1, 0.15) is 32.4 Å². The van der Waals surface area contributed by atoms with Gasteiger partial charge in [-0.25, -0.2) is 10.2 Å². The van der Waals surface area contributed by atoms with Crippen molar-refractivity contribution in [2.24, 2.45) is 5.10 Å². The number of nitrogens with zero attached hydrogens (tertiary/aromatic N) is 2. The molecule has 0 bridgehead atoms. The summed E-state index contributed by atoms with van der Waals surface area (Å²) in [7, 11) is 1.31. The first-order valence-electron chi connectivity index (χ1n) is 8.77. The lowest BCUT2D eigenvalue weighted by Crippen LogP contribution is -2.16. The molecule has 4 aromatic rings. The molecule has 0 radical (unpaired) electrons. The van der Waals surface area contributed by atoms with Crippen molar-refractivity contribution in [2.45, 2.75) is 6.54 Å². The number of hydrazone groups is 1. The summed E-state index contributed by atoms with van der Waals surface area (Å²) in [5.41, 5.74) is 4.22. The number of hydrogen-bond donors (Lipinski definition) is 1. The van der Waals surface area contributed by atoms with E-state index in [0.29, 0.717) is 12.3 Å². The van der Waals surface area contributed by atoms with Crippen molar-refractivity contribution in [3.05, 3.63) is 83.8 Å². The van der Waals surface area contributed by atoms with Crippen LogP contribution in [-0.4, -0.2) is 29.8 Å². The molecule has 0 fully saturated rings. The first kappa shape index (κ1) is 18.3. The molecule has 146 valence electrons. The van der Waals surface area contributed by atoms with Gasteiger partial charge in [0.2, 0.25) is 5.76 Å². The van der Waals surface area contributed by atoms with Gasteiger partial charge in [0.05, 0.1) is 26.1 Å². The average Bonchev–Trinajstić information content (AvgIpc) is 3.49. The number of para-hydroxylation sites is 1. The Morgan fingerprint density at radius 1 is 1.14 bits per heavy atom. The van der Waals surface area contributed by atoms with E-state index in [0.717, 1.165) is 16.5 Å². The number of methoxy groups -OCH3 is 1. The summed E-state index contributed by atoms with van der Waals surface area (Å²) < 4.78 is 17.2. The number of rotatable bonds is 6. The van der Waals surface area contributed by atoms with Crippen LogP contribution in [0.4, 0.5) is 0 Å². The molecule has 0 aliphatic rings. The second-order valence-corrected chi connectivity index (χ2v) is 6.16. The Bertz CT molecular complexity index is 1180. The van der Waals surface area contributed by atoms with Crippen LogP contribution >= 0.6 is 0 Å². The minimum absolute atomic E-state index is 0.154. The Labute approximate surface area is 165 Å². The molecule has 1 amide bonds. The van der Waals surface area contributed by atoms with Gasteiger partial charge in [0.1, 0.15) is 5.76 Å². The zero-order valence-electron chi connectivity index (χ0n) is 15.5. The van der Waals surface area contributed by atoms with Gasteiger partial charge < -0.3 is 18.1 Å². The van der Waals surface area contributed by atoms with Crippen molar-refractivity contribution in [1.82, 2.24) is 9.99 Å². The first-order chi connectivity index (χ1) is 14.2. The highest BCUT2D eigenvalue weighted by atomic mass is 16.5. The third kappa shape index (κ3) is 3.81. The van der Waals surface area contributed by atoms with Crippen LogP contribution in [0.3, 0.4) is 0 Å². The number of furan rings is 2. The zero-order valence-corrected chi connectivity index (χ0v) is 15.5. The summed E-state index contributed by atoms with van der Waals surface area (Å²) >= 11 is 0. The number of amides is 1. The van der Waals surface area contributed by atoms with Crippen LogP contribution in [0.2, 0.25) is 0 Å². The fraction of sp³-hybridized carbons (Fsp3) is 0.0952. The number of hydrogen-bond acceptors (Lipinski definition) is 6. The minimum Gasteiger partial charge on any atom is -0.463 e. The molecule has 8 nitrogen and oxygen atoms in total. The Kier molecular flexibility index (Phi) is 4.98. The molecule has 0 saturated carbocycles. The number of esters is 1. The van der Waals surface area contributed by atoms with E-state index in [1.807, 2.05) is 35.0 Å². The van der Waals surface area contributed by atoms with Gasteiger partial charge in [-0.15, -0.1) is 0 Å². The molecule has 29 heavy (non-hydrogen) atoms. The molecule has 0 atom stereocenters. The number of nitrogens with one attached hydrogen (secondary N) is 1. The van der Waals surface area contributed by atoms with Crippen LogP contribution in [0.25, 0.3) is 10.9 Å². The van der Waals surface area contributed by atoms with E-state index in [4.69, 9.17) is 8.83 Å². The molecule has 0 unspecified atom stereocenters. The summed E-state index contributed by atoms with van der Waals surface area (Å²) in [6, 6.07) is 14.3. The van der Waals surface area contributed by atoms with Crippen molar-refractivity contribution in [3.63, 3.8) is 0 Å². The highest BCUT2D eigenvalue weighted by Gasteiger charge is 2.13. The SMILES string of the molecule is COC(=O)c1ccc(Cn2cc(/C=N/NC(=O)c3ccco3)c3ccccc32)o1. The quantitative estimate of drug-likeness (QED) is 0.308. The van der Waals surface area contributed by atoms with Gasteiger partial charge >= 0.3 is 11.9 Å². The number of aromatic nitrogens is 1. The topological polar surface area (TPSA) is 99.0 Å². The average molecular weight is 391 g/mol. The third-order valence-corrected chi connectivity index (χ3v) is 4.31. The van der Waals surface area contributed by atoms with Gasteiger partial charge in [-0.3, -0.25) is 4.79 Å². The van der Waals surface area contributed by atoms with Gasteiger partial charge in [0.15, 0.2) is 5.76 Å². The normalized spacial score (nSPS) is 11.2. The molecule has 0 saturated heterocycles. The van der Waals surface area contributed by atoms with Gasteiger partial charge in [-0.2, -0.15) is 5.10 Å². The first-order valence-corrected chi connectivity index (χ1v) is 8.77. The Balaban J connectivity index is 1.56. The second-order valence-electron chi connectivity index (χ2n) is 6.16. The Hall–Kier alpha value is -4.07. The molecule has 0 spiro atoms. The maximum Gasteiger partial charge on any atom is 0.373 e. The maximum absolute atomic E-state index is 11.9. The number of ether oxygens (including phenoxy) is 1. The lowest BCUT2D eigenvalue weighted by molar-refractivity contribution is 0.0562. The third-order valence-electron chi connectivity index (χ3n) is 4.31.